The van der Waals surface area contributed by atoms with E-state index in [4.69, 9.17) is 27.9 Å². The van der Waals surface area contributed by atoms with Gasteiger partial charge in [0.1, 0.15) is 11.5 Å². The van der Waals surface area contributed by atoms with Crippen LogP contribution in [-0.4, -0.2) is 5.11 Å². The summed E-state index contributed by atoms with van der Waals surface area (Å²) in [6.45, 7) is 8.89. The first kappa shape index (κ1) is 21.4. The summed E-state index contributed by atoms with van der Waals surface area (Å²) in [5.41, 5.74) is 3.66. The Hall–Kier alpha value is -2.36. The van der Waals surface area contributed by atoms with E-state index in [2.05, 4.69) is 38.2 Å². The number of nitrogens with one attached hydrogen (secondary N) is 1. The lowest BCUT2D eigenvalue weighted by Gasteiger charge is -2.19. The minimum atomic E-state index is -0.0000840. The molecule has 0 aromatic heterocycles. The molecule has 0 aliphatic rings. The zero-order valence-corrected chi connectivity index (χ0v) is 18.5. The maximum Gasteiger partial charge on any atom is 0.157 e. The zero-order chi connectivity index (χ0) is 21.2. The minimum absolute atomic E-state index is 0.0000840. The molecule has 0 spiro atoms. The molecule has 0 aliphatic carbocycles. The predicted molar refractivity (Wildman–Crippen MR) is 122 cm³/mol. The average molecular weight is 430 g/mol. The highest BCUT2D eigenvalue weighted by Gasteiger charge is 2.14. The van der Waals surface area contributed by atoms with Gasteiger partial charge in [-0.1, -0.05) is 68.2 Å². The van der Waals surface area contributed by atoms with Gasteiger partial charge in [0.25, 0.3) is 0 Å². The first-order valence-corrected chi connectivity index (χ1v) is 10.2. The number of rotatable bonds is 5. The van der Waals surface area contributed by atoms with Crippen LogP contribution in [0.2, 0.25) is 10.0 Å². The highest BCUT2D eigenvalue weighted by molar-refractivity contribution is 6.36. The maximum absolute atomic E-state index is 10.2. The molecule has 3 nitrogen and oxygen atoms in total. The molecule has 0 saturated carbocycles. The van der Waals surface area contributed by atoms with Crippen LogP contribution in [0.4, 0.5) is 5.69 Å². The molecule has 0 bridgehead atoms. The first-order valence-electron chi connectivity index (χ1n) is 9.44. The van der Waals surface area contributed by atoms with Gasteiger partial charge in [0.15, 0.2) is 5.75 Å². The Labute approximate surface area is 182 Å². The summed E-state index contributed by atoms with van der Waals surface area (Å²) in [7, 11) is 0. The van der Waals surface area contributed by atoms with Gasteiger partial charge in [-0.25, -0.2) is 0 Å². The third-order valence-corrected chi connectivity index (χ3v) is 5.45. The molecule has 2 N–H and O–H groups in total. The number of benzene rings is 3. The van der Waals surface area contributed by atoms with Crippen LogP contribution in [0, 0.1) is 6.92 Å². The number of aromatic hydroxyl groups is 1. The van der Waals surface area contributed by atoms with Gasteiger partial charge in [0, 0.05) is 11.6 Å². The van der Waals surface area contributed by atoms with Gasteiger partial charge in [0.2, 0.25) is 0 Å². The van der Waals surface area contributed by atoms with E-state index in [1.165, 1.54) is 5.56 Å². The number of ether oxygens (including phenoxy) is 1. The third-order valence-electron chi connectivity index (χ3n) is 4.77. The lowest BCUT2D eigenvalue weighted by atomic mass is 9.87. The molecule has 5 heteroatoms. The lowest BCUT2D eigenvalue weighted by Crippen LogP contribution is -2.10. The maximum atomic E-state index is 10.2. The SMILES string of the molecule is Cc1c(Cl)cc(Cl)c(O)c1NCc1cccc(Oc2ccc(C(C)(C)C)cc2)c1. The molecule has 0 atom stereocenters. The summed E-state index contributed by atoms with van der Waals surface area (Å²) in [6.07, 6.45) is 0. The summed E-state index contributed by atoms with van der Waals surface area (Å²) in [6, 6.07) is 17.5. The van der Waals surface area contributed by atoms with Gasteiger partial charge < -0.3 is 15.2 Å². The van der Waals surface area contributed by atoms with Crippen molar-refractivity contribution in [2.45, 2.75) is 39.7 Å². The highest BCUT2D eigenvalue weighted by atomic mass is 35.5. The first-order chi connectivity index (χ1) is 13.6. The molecule has 0 heterocycles. The Balaban J connectivity index is 1.72. The molecule has 0 aliphatic heterocycles. The topological polar surface area (TPSA) is 41.5 Å². The molecule has 29 heavy (non-hydrogen) atoms. The fourth-order valence-electron chi connectivity index (χ4n) is 2.99. The monoisotopic (exact) mass is 429 g/mol. The number of phenolic OH excluding ortho intramolecular Hbond substituents is 1. The van der Waals surface area contributed by atoms with Crippen molar-refractivity contribution < 1.29 is 9.84 Å². The second-order valence-corrected chi connectivity index (χ2v) is 8.88. The van der Waals surface area contributed by atoms with Crippen LogP contribution >= 0.6 is 23.2 Å². The van der Waals surface area contributed by atoms with E-state index < -0.39 is 0 Å². The molecule has 0 fully saturated rings. The van der Waals surface area contributed by atoms with Gasteiger partial charge >= 0.3 is 0 Å². The Bertz CT molecular complexity index is 982. The fourth-order valence-corrected chi connectivity index (χ4v) is 3.45. The summed E-state index contributed by atoms with van der Waals surface area (Å²) in [5, 5.41) is 14.2. The second-order valence-electron chi connectivity index (χ2n) is 8.07. The van der Waals surface area contributed by atoms with Crippen LogP contribution in [0.1, 0.15) is 37.5 Å². The standard InChI is InChI=1S/C24H25Cl2NO2/c1-15-20(25)13-21(26)23(28)22(15)27-14-16-6-5-7-19(12-16)29-18-10-8-17(9-11-18)24(2,3)4/h5-13,27-28H,14H2,1-4H3. The second kappa shape index (κ2) is 8.56. The zero-order valence-electron chi connectivity index (χ0n) is 17.0. The number of anilines is 1. The van der Waals surface area contributed by atoms with Gasteiger partial charge in [0.05, 0.1) is 10.7 Å². The van der Waals surface area contributed by atoms with Gasteiger partial charge in [-0.05, 0) is 59.4 Å². The summed E-state index contributed by atoms with van der Waals surface area (Å²) < 4.78 is 6.01. The van der Waals surface area contributed by atoms with Gasteiger partial charge in [-0.15, -0.1) is 0 Å². The molecule has 3 aromatic carbocycles. The van der Waals surface area contributed by atoms with Crippen LogP contribution in [-0.2, 0) is 12.0 Å². The van der Waals surface area contributed by atoms with Crippen molar-refractivity contribution in [1.29, 1.82) is 0 Å². The van der Waals surface area contributed by atoms with Crippen LogP contribution < -0.4 is 10.1 Å². The van der Waals surface area contributed by atoms with E-state index in [1.54, 1.807) is 6.07 Å². The molecular formula is C24H25Cl2NO2. The Morgan fingerprint density at radius 1 is 0.931 bits per heavy atom. The van der Waals surface area contributed by atoms with Crippen molar-refractivity contribution in [1.82, 2.24) is 0 Å². The van der Waals surface area contributed by atoms with E-state index in [0.717, 1.165) is 22.6 Å². The summed E-state index contributed by atoms with van der Waals surface area (Å²) in [4.78, 5) is 0. The predicted octanol–water partition coefficient (Wildman–Crippen LogP) is 7.71. The summed E-state index contributed by atoms with van der Waals surface area (Å²) in [5.74, 6) is 1.54. The normalized spacial score (nSPS) is 11.4. The summed E-state index contributed by atoms with van der Waals surface area (Å²) >= 11 is 12.2. The number of phenols is 1. The van der Waals surface area contributed by atoms with Crippen molar-refractivity contribution >= 4 is 28.9 Å². The van der Waals surface area contributed by atoms with Gasteiger partial charge in [-0.2, -0.15) is 0 Å². The molecular weight excluding hydrogens is 405 g/mol. The molecule has 152 valence electrons. The van der Waals surface area contributed by atoms with Crippen LogP contribution in [0.25, 0.3) is 0 Å². The molecule has 0 unspecified atom stereocenters. The van der Waals surface area contributed by atoms with Crippen LogP contribution in [0.3, 0.4) is 0 Å². The number of hydrogen-bond acceptors (Lipinski definition) is 3. The van der Waals surface area contributed by atoms with Crippen molar-refractivity contribution in [2.24, 2.45) is 0 Å². The van der Waals surface area contributed by atoms with E-state index >= 15 is 0 Å². The van der Waals surface area contributed by atoms with Crippen LogP contribution in [0.5, 0.6) is 17.2 Å². The quantitative estimate of drug-likeness (QED) is 0.408. The van der Waals surface area contributed by atoms with E-state index in [1.807, 2.05) is 43.3 Å². The Morgan fingerprint density at radius 3 is 2.28 bits per heavy atom. The van der Waals surface area contributed by atoms with E-state index in [9.17, 15) is 5.11 Å². The van der Waals surface area contributed by atoms with Gasteiger partial charge in [-0.3, -0.25) is 0 Å². The average Bonchev–Trinajstić information content (AvgIpc) is 2.66. The number of halogens is 2. The molecule has 3 rings (SSSR count). The highest BCUT2D eigenvalue weighted by Crippen LogP contribution is 2.39. The van der Waals surface area contributed by atoms with Crippen molar-refractivity contribution in [3.8, 4) is 17.2 Å². The van der Waals surface area contributed by atoms with Crippen molar-refractivity contribution in [3.63, 3.8) is 0 Å². The van der Waals surface area contributed by atoms with Crippen molar-refractivity contribution in [2.75, 3.05) is 5.32 Å². The van der Waals surface area contributed by atoms with Crippen LogP contribution in [0.15, 0.2) is 54.6 Å². The minimum Gasteiger partial charge on any atom is -0.504 e. The Morgan fingerprint density at radius 2 is 1.62 bits per heavy atom. The Kier molecular flexibility index (Phi) is 6.30. The molecule has 0 radical (unpaired) electrons. The fraction of sp³-hybridized carbons (Fsp3) is 0.250. The third kappa shape index (κ3) is 5.17. The molecule has 0 saturated heterocycles. The lowest BCUT2D eigenvalue weighted by molar-refractivity contribution is 0.477. The largest absolute Gasteiger partial charge is 0.504 e. The van der Waals surface area contributed by atoms with Crippen molar-refractivity contribution in [3.05, 3.63) is 81.3 Å². The molecule has 3 aromatic rings. The van der Waals surface area contributed by atoms with E-state index in [0.29, 0.717) is 17.3 Å². The molecule has 0 amide bonds. The van der Waals surface area contributed by atoms with E-state index in [-0.39, 0.29) is 16.2 Å². The number of hydrogen-bond donors (Lipinski definition) is 2. The smallest absolute Gasteiger partial charge is 0.157 e.